The molecule has 3 amide bonds. The largest absolute Gasteiger partial charge is 0.497 e. The van der Waals surface area contributed by atoms with Crippen molar-refractivity contribution in [3.05, 3.63) is 60.8 Å². The lowest BCUT2D eigenvalue weighted by Crippen LogP contribution is -2.56. The van der Waals surface area contributed by atoms with Crippen molar-refractivity contribution in [2.45, 2.75) is 95.0 Å². The number of hydrogen-bond acceptors (Lipinski definition) is 9. The van der Waals surface area contributed by atoms with Crippen molar-refractivity contribution in [3.63, 3.8) is 0 Å². The van der Waals surface area contributed by atoms with Gasteiger partial charge in [-0.3, -0.25) is 14.6 Å². The fraction of sp³-hybridized carbons (Fsp3) is 0.486. The van der Waals surface area contributed by atoms with E-state index in [2.05, 4.69) is 15.6 Å². The van der Waals surface area contributed by atoms with Crippen molar-refractivity contribution in [2.75, 3.05) is 13.7 Å². The van der Waals surface area contributed by atoms with E-state index in [1.54, 1.807) is 40.1 Å². The summed E-state index contributed by atoms with van der Waals surface area (Å²) in [4.78, 5) is 61.5. The number of benzene rings is 1. The normalized spacial score (nSPS) is 26.1. The van der Waals surface area contributed by atoms with E-state index in [-0.39, 0.29) is 25.3 Å². The molecule has 3 aromatic rings. The summed E-state index contributed by atoms with van der Waals surface area (Å²) in [5.74, 6) is -1.84. The molecule has 2 fully saturated rings. The van der Waals surface area contributed by atoms with Crippen molar-refractivity contribution in [1.29, 1.82) is 0 Å². The maximum absolute atomic E-state index is 14.4. The van der Waals surface area contributed by atoms with E-state index in [0.717, 1.165) is 24.8 Å². The summed E-state index contributed by atoms with van der Waals surface area (Å²) in [7, 11) is 1.59. The van der Waals surface area contributed by atoms with Crippen LogP contribution < -0.4 is 15.4 Å². The maximum Gasteiger partial charge on any atom is 0.408 e. The Bertz CT molecular complexity index is 1790. The fourth-order valence-electron chi connectivity index (χ4n) is 6.80. The molecule has 0 radical (unpaired) electrons. The molecule has 1 aliphatic carbocycles. The molecular weight excluding hydrogens is 654 g/mol. The molecule has 6 rings (SSSR count). The number of ether oxygens (including phenoxy) is 2. The van der Waals surface area contributed by atoms with Crippen LogP contribution in [0.25, 0.3) is 22.6 Å². The lowest BCUT2D eigenvalue weighted by Gasteiger charge is -2.30. The summed E-state index contributed by atoms with van der Waals surface area (Å²) in [6, 6.07) is 10.3. The first-order chi connectivity index (χ1) is 24.4. The predicted octanol–water partition coefficient (Wildman–Crippen LogP) is 4.53. The van der Waals surface area contributed by atoms with Gasteiger partial charge in [0, 0.05) is 30.6 Å². The Kier molecular flexibility index (Phi) is 10.1. The molecule has 3 N–H and O–H groups in total. The van der Waals surface area contributed by atoms with E-state index in [9.17, 15) is 24.3 Å². The van der Waals surface area contributed by atoms with Gasteiger partial charge in [-0.1, -0.05) is 31.1 Å². The van der Waals surface area contributed by atoms with E-state index >= 15 is 0 Å². The molecule has 2 aromatic heterocycles. The highest BCUT2D eigenvalue weighted by molar-refractivity contribution is 5.96. The number of carbonyl (C=O) groups excluding carboxylic acids is 3. The van der Waals surface area contributed by atoms with Gasteiger partial charge in [-0.25, -0.2) is 9.59 Å². The number of pyridine rings is 1. The fourth-order valence-corrected chi connectivity index (χ4v) is 6.80. The van der Waals surface area contributed by atoms with Crippen LogP contribution in [0.3, 0.4) is 0 Å². The number of hydrogen-bond donors (Lipinski definition) is 3. The van der Waals surface area contributed by atoms with Crippen molar-refractivity contribution >= 4 is 23.9 Å². The Labute approximate surface area is 296 Å². The van der Waals surface area contributed by atoms with E-state index in [0.29, 0.717) is 35.7 Å². The third-order valence-corrected chi connectivity index (χ3v) is 9.56. The van der Waals surface area contributed by atoms with Gasteiger partial charge in [-0.2, -0.15) is 15.0 Å². The number of carboxylic acids is 1. The van der Waals surface area contributed by atoms with Gasteiger partial charge in [-0.15, -0.1) is 0 Å². The molecule has 4 heterocycles. The number of alkyl carbamates (subject to hydrolysis) is 1. The van der Waals surface area contributed by atoms with Crippen LogP contribution in [-0.2, 0) is 19.1 Å². The second-order valence-corrected chi connectivity index (χ2v) is 14.4. The van der Waals surface area contributed by atoms with Crippen molar-refractivity contribution < 1.29 is 33.8 Å². The second-order valence-electron chi connectivity index (χ2n) is 14.4. The maximum atomic E-state index is 14.4. The number of nitrogens with zero attached hydrogens (tertiary/aromatic N) is 5. The molecule has 1 saturated heterocycles. The van der Waals surface area contributed by atoms with Crippen LogP contribution in [0, 0.1) is 5.92 Å². The minimum atomic E-state index is -1.45. The number of allylic oxidation sites excluding steroid dienone is 1. The molecule has 2 aliphatic heterocycles. The molecule has 5 atom stereocenters. The minimum Gasteiger partial charge on any atom is -0.497 e. The van der Waals surface area contributed by atoms with Gasteiger partial charge in [0.05, 0.1) is 18.8 Å². The Morgan fingerprint density at radius 1 is 1.04 bits per heavy atom. The lowest BCUT2D eigenvalue weighted by molar-refractivity contribution is -0.145. The lowest BCUT2D eigenvalue weighted by atomic mass is 10.0. The van der Waals surface area contributed by atoms with Crippen molar-refractivity contribution in [2.24, 2.45) is 5.92 Å². The smallest absolute Gasteiger partial charge is 0.408 e. The summed E-state index contributed by atoms with van der Waals surface area (Å²) in [6.07, 6.45) is 8.49. The molecule has 51 heavy (non-hydrogen) atoms. The van der Waals surface area contributed by atoms with Crippen LogP contribution in [0.4, 0.5) is 4.79 Å². The van der Waals surface area contributed by atoms with Gasteiger partial charge in [-0.05, 0) is 82.9 Å². The molecule has 0 bridgehead atoms. The molecule has 3 aliphatic rings. The zero-order valence-corrected chi connectivity index (χ0v) is 29.4. The van der Waals surface area contributed by atoms with Crippen molar-refractivity contribution in [1.82, 2.24) is 35.5 Å². The molecule has 14 nitrogen and oxygen atoms in total. The zero-order valence-electron chi connectivity index (χ0n) is 29.4. The van der Waals surface area contributed by atoms with Crippen LogP contribution in [0.5, 0.6) is 5.75 Å². The second kappa shape index (κ2) is 14.5. The molecule has 1 aromatic carbocycles. The van der Waals surface area contributed by atoms with Crippen molar-refractivity contribution in [3.8, 4) is 28.4 Å². The minimum absolute atomic E-state index is 0.0468. The number of carboxylic acid groups (broad SMARTS) is 1. The summed E-state index contributed by atoms with van der Waals surface area (Å²) in [5, 5.41) is 25.5. The van der Waals surface area contributed by atoms with E-state index in [1.165, 1.54) is 9.70 Å². The Hall–Kier alpha value is -5.27. The third kappa shape index (κ3) is 7.89. The average Bonchev–Trinajstić information content (AvgIpc) is 3.40. The Morgan fingerprint density at radius 3 is 2.49 bits per heavy atom. The SMILES string of the molecule is COc1ccc(-c2nn([C@H]3C[C@H]4C(=O)N[C@]5(C(=O)O)C[C@@H]5/C=C\CCCCC[C@H](NC(=O)OC(C)(C)C)C(=O)N4C3)nc2-c2ccccn2)cc1. The Morgan fingerprint density at radius 2 is 1.80 bits per heavy atom. The van der Waals surface area contributed by atoms with Crippen LogP contribution >= 0.6 is 0 Å². The third-order valence-electron chi connectivity index (χ3n) is 9.56. The monoisotopic (exact) mass is 699 g/mol. The first-order valence-corrected chi connectivity index (χ1v) is 17.4. The molecule has 0 unspecified atom stereocenters. The number of aliphatic carboxylic acids is 1. The first kappa shape index (κ1) is 35.6. The van der Waals surface area contributed by atoms with E-state index in [4.69, 9.17) is 19.7 Å². The van der Waals surface area contributed by atoms with Gasteiger partial charge in [0.1, 0.15) is 40.4 Å². The number of nitrogens with one attached hydrogen (secondary N) is 2. The van der Waals surface area contributed by atoms with Gasteiger partial charge in [0.25, 0.3) is 0 Å². The topological polar surface area (TPSA) is 178 Å². The molecule has 0 spiro atoms. The number of methoxy groups -OCH3 is 1. The highest BCUT2D eigenvalue weighted by atomic mass is 16.6. The quantitative estimate of drug-likeness (QED) is 0.310. The van der Waals surface area contributed by atoms with Crippen LogP contribution in [-0.4, -0.2) is 90.7 Å². The van der Waals surface area contributed by atoms with Crippen LogP contribution in [0.1, 0.15) is 71.8 Å². The average molecular weight is 700 g/mol. The van der Waals surface area contributed by atoms with Gasteiger partial charge in [0.2, 0.25) is 11.8 Å². The summed E-state index contributed by atoms with van der Waals surface area (Å²) >= 11 is 0. The standard InChI is InChI=1S/C37H45N7O7/c1-36(2,3)51-35(49)39-28-14-9-7-5-6-8-12-24-21-37(24,34(47)48)40-32(45)29-20-25(22-43(29)33(28)46)44-41-30(23-15-17-26(50-4)18-16-23)31(42-44)27-13-10-11-19-38-27/h8,10-13,15-19,24-25,28-29H,5-7,9,14,20-22H2,1-4H3,(H,39,49)(H,40,45)(H,47,48)/b12-8-/t24-,25-,28-,29-,37+/m0/s1. The summed E-state index contributed by atoms with van der Waals surface area (Å²) in [5.41, 5.74) is 0.190. The number of aromatic nitrogens is 4. The highest BCUT2D eigenvalue weighted by Crippen LogP contribution is 2.45. The number of carbonyl (C=O) groups is 4. The van der Waals surface area contributed by atoms with Crippen LogP contribution in [0.15, 0.2) is 60.8 Å². The van der Waals surface area contributed by atoms with E-state index < -0.39 is 53.1 Å². The highest BCUT2D eigenvalue weighted by Gasteiger charge is 2.61. The van der Waals surface area contributed by atoms with Gasteiger partial charge in [0.15, 0.2) is 0 Å². The number of rotatable bonds is 6. The zero-order chi connectivity index (χ0) is 36.3. The number of fused-ring (bicyclic) bond motifs is 2. The molecule has 14 heteroatoms. The predicted molar refractivity (Wildman–Crippen MR) is 186 cm³/mol. The van der Waals surface area contributed by atoms with Crippen LogP contribution in [0.2, 0.25) is 0 Å². The molecule has 270 valence electrons. The number of amides is 3. The summed E-state index contributed by atoms with van der Waals surface area (Å²) in [6.45, 7) is 5.27. The van der Waals surface area contributed by atoms with E-state index in [1.807, 2.05) is 48.6 Å². The molecular formula is C37H45N7O7. The first-order valence-electron chi connectivity index (χ1n) is 17.4. The Balaban J connectivity index is 1.37. The molecule has 1 saturated carbocycles. The van der Waals surface area contributed by atoms with Gasteiger partial charge < -0.3 is 30.1 Å². The summed E-state index contributed by atoms with van der Waals surface area (Å²) < 4.78 is 10.8. The van der Waals surface area contributed by atoms with Gasteiger partial charge >= 0.3 is 12.1 Å².